The zero-order chi connectivity index (χ0) is 12.8. The molecule has 0 aliphatic rings. The highest BCUT2D eigenvalue weighted by Gasteiger charge is 2.13. The fourth-order valence-corrected chi connectivity index (χ4v) is 3.50. The monoisotopic (exact) mass is 272 g/mol. The quantitative estimate of drug-likeness (QED) is 0.811. The molecule has 1 aromatic heterocycles. The van der Waals surface area contributed by atoms with E-state index in [2.05, 4.69) is 39.9 Å². The first-order valence-corrected chi connectivity index (χ1v) is 8.21. The molecule has 0 aromatic carbocycles. The predicted octanol–water partition coefficient (Wildman–Crippen LogP) is 4.02. The molecule has 0 amide bonds. The van der Waals surface area contributed by atoms with Gasteiger partial charge in [-0.15, -0.1) is 11.3 Å². The zero-order valence-electron chi connectivity index (χ0n) is 11.5. The van der Waals surface area contributed by atoms with E-state index >= 15 is 0 Å². The number of aromatic nitrogens is 1. The number of rotatable bonds is 7. The van der Waals surface area contributed by atoms with Crippen LogP contribution >= 0.6 is 23.1 Å². The third-order valence-corrected chi connectivity index (χ3v) is 4.76. The molecule has 1 rings (SSSR count). The van der Waals surface area contributed by atoms with Crippen molar-refractivity contribution < 1.29 is 0 Å². The molecule has 98 valence electrons. The van der Waals surface area contributed by atoms with Crippen LogP contribution in [-0.2, 0) is 12.3 Å². The average Bonchev–Trinajstić information content (AvgIpc) is 2.67. The summed E-state index contributed by atoms with van der Waals surface area (Å²) in [6, 6.07) is 0. The van der Waals surface area contributed by atoms with Crippen molar-refractivity contribution in [1.82, 2.24) is 10.3 Å². The Morgan fingerprint density at radius 1 is 1.29 bits per heavy atom. The van der Waals surface area contributed by atoms with E-state index in [9.17, 15) is 0 Å². The van der Waals surface area contributed by atoms with Gasteiger partial charge in [0.05, 0.1) is 5.69 Å². The highest BCUT2D eigenvalue weighted by molar-refractivity contribution is 7.99. The van der Waals surface area contributed by atoms with E-state index in [1.165, 1.54) is 15.6 Å². The van der Waals surface area contributed by atoms with Crippen LogP contribution in [0.5, 0.6) is 0 Å². The van der Waals surface area contributed by atoms with E-state index in [4.69, 9.17) is 4.98 Å². The lowest BCUT2D eigenvalue weighted by Gasteiger charge is -2.04. The lowest BCUT2D eigenvalue weighted by Crippen LogP contribution is -2.12. The van der Waals surface area contributed by atoms with Crippen LogP contribution in [0.4, 0.5) is 0 Å². The molecular weight excluding hydrogens is 248 g/mol. The molecule has 17 heavy (non-hydrogen) atoms. The summed E-state index contributed by atoms with van der Waals surface area (Å²) >= 11 is 3.84. The molecule has 0 atom stereocenters. The summed E-state index contributed by atoms with van der Waals surface area (Å²) in [5.41, 5.74) is 1.29. The Morgan fingerprint density at radius 2 is 2.00 bits per heavy atom. The molecule has 0 unspecified atom stereocenters. The molecular formula is C13H24N2S2. The predicted molar refractivity (Wildman–Crippen MR) is 80.0 cm³/mol. The first-order chi connectivity index (χ1) is 8.04. The van der Waals surface area contributed by atoms with Gasteiger partial charge in [-0.3, -0.25) is 0 Å². The van der Waals surface area contributed by atoms with Crippen LogP contribution in [0.25, 0.3) is 0 Å². The Hall–Kier alpha value is -0.0600. The fraction of sp³-hybridized carbons (Fsp3) is 0.769. The average molecular weight is 272 g/mol. The minimum Gasteiger partial charge on any atom is -0.312 e. The molecule has 0 aliphatic carbocycles. The maximum atomic E-state index is 4.79. The molecule has 0 saturated carbocycles. The summed E-state index contributed by atoms with van der Waals surface area (Å²) in [4.78, 5) is 6.21. The topological polar surface area (TPSA) is 24.9 Å². The maximum absolute atomic E-state index is 4.79. The van der Waals surface area contributed by atoms with Crippen molar-refractivity contribution >= 4 is 23.1 Å². The van der Waals surface area contributed by atoms with Gasteiger partial charge in [-0.25, -0.2) is 4.98 Å². The zero-order valence-corrected chi connectivity index (χ0v) is 13.2. The third kappa shape index (κ3) is 4.98. The van der Waals surface area contributed by atoms with E-state index in [0.717, 1.165) is 18.8 Å². The van der Waals surface area contributed by atoms with Gasteiger partial charge in [0.15, 0.2) is 0 Å². The molecule has 4 heteroatoms. The first kappa shape index (κ1) is 15.0. The minimum atomic E-state index is 0.526. The van der Waals surface area contributed by atoms with Crippen LogP contribution in [0.1, 0.15) is 56.1 Å². The van der Waals surface area contributed by atoms with Crippen molar-refractivity contribution in [2.45, 2.75) is 58.1 Å². The van der Waals surface area contributed by atoms with Crippen LogP contribution in [0.2, 0.25) is 0 Å². The highest BCUT2D eigenvalue weighted by atomic mass is 32.2. The number of thiazole rings is 1. The van der Waals surface area contributed by atoms with Crippen molar-refractivity contribution in [3.8, 4) is 0 Å². The normalized spacial score (nSPS) is 11.7. The Kier molecular flexibility index (Phi) is 6.52. The van der Waals surface area contributed by atoms with Gasteiger partial charge in [0, 0.05) is 17.2 Å². The van der Waals surface area contributed by atoms with Crippen LogP contribution in [0, 0.1) is 0 Å². The summed E-state index contributed by atoms with van der Waals surface area (Å²) in [7, 11) is 0. The Bertz CT molecular complexity index is 332. The van der Waals surface area contributed by atoms with Gasteiger partial charge in [0.1, 0.15) is 5.01 Å². The van der Waals surface area contributed by atoms with Crippen molar-refractivity contribution in [2.75, 3.05) is 6.54 Å². The lowest BCUT2D eigenvalue weighted by molar-refractivity contribution is 0.713. The number of hydrogen-bond donors (Lipinski definition) is 1. The van der Waals surface area contributed by atoms with E-state index in [-0.39, 0.29) is 0 Å². The molecule has 0 saturated heterocycles. The van der Waals surface area contributed by atoms with Gasteiger partial charge in [-0.05, 0) is 17.7 Å². The molecule has 0 spiro atoms. The van der Waals surface area contributed by atoms with E-state index in [1.807, 2.05) is 23.1 Å². The summed E-state index contributed by atoms with van der Waals surface area (Å²) in [6.07, 6.45) is 0. The second-order valence-electron chi connectivity index (χ2n) is 4.71. The number of thioether (sulfide) groups is 1. The molecule has 1 aromatic rings. The second kappa shape index (κ2) is 7.39. The maximum Gasteiger partial charge on any atom is 0.103 e. The van der Waals surface area contributed by atoms with Crippen LogP contribution < -0.4 is 5.32 Å². The molecule has 0 aliphatic heterocycles. The van der Waals surface area contributed by atoms with Crippen LogP contribution in [0.15, 0.2) is 0 Å². The summed E-state index contributed by atoms with van der Waals surface area (Å²) in [5, 5.41) is 5.36. The Balaban J connectivity index is 2.72. The van der Waals surface area contributed by atoms with Crippen molar-refractivity contribution in [2.24, 2.45) is 0 Å². The number of hydrogen-bond acceptors (Lipinski definition) is 4. The summed E-state index contributed by atoms with van der Waals surface area (Å²) in [5.74, 6) is 1.58. The van der Waals surface area contributed by atoms with Gasteiger partial charge in [-0.1, -0.05) is 34.6 Å². The number of nitrogens with zero attached hydrogens (tertiary/aromatic N) is 1. The molecule has 1 N–H and O–H groups in total. The SMILES string of the molecule is CCNCc1sc(CSC(C)C)nc1C(C)C. The lowest BCUT2D eigenvalue weighted by atomic mass is 10.1. The van der Waals surface area contributed by atoms with Crippen molar-refractivity contribution in [3.63, 3.8) is 0 Å². The van der Waals surface area contributed by atoms with Gasteiger partial charge in [0.25, 0.3) is 0 Å². The Morgan fingerprint density at radius 3 is 2.53 bits per heavy atom. The van der Waals surface area contributed by atoms with Gasteiger partial charge in [0.2, 0.25) is 0 Å². The van der Waals surface area contributed by atoms with Gasteiger partial charge < -0.3 is 5.32 Å². The molecule has 0 fully saturated rings. The Labute approximate surface area is 114 Å². The molecule has 0 radical (unpaired) electrons. The van der Waals surface area contributed by atoms with Crippen molar-refractivity contribution in [1.29, 1.82) is 0 Å². The fourth-order valence-electron chi connectivity index (χ4n) is 1.53. The highest BCUT2D eigenvalue weighted by Crippen LogP contribution is 2.28. The van der Waals surface area contributed by atoms with E-state index in [1.54, 1.807) is 0 Å². The van der Waals surface area contributed by atoms with E-state index < -0.39 is 0 Å². The van der Waals surface area contributed by atoms with Crippen LogP contribution in [0.3, 0.4) is 0 Å². The first-order valence-electron chi connectivity index (χ1n) is 6.35. The molecule has 1 heterocycles. The third-order valence-electron chi connectivity index (χ3n) is 2.39. The van der Waals surface area contributed by atoms with Crippen molar-refractivity contribution in [3.05, 3.63) is 15.6 Å². The van der Waals surface area contributed by atoms with Crippen LogP contribution in [-0.4, -0.2) is 16.8 Å². The number of nitrogens with one attached hydrogen (secondary N) is 1. The van der Waals surface area contributed by atoms with E-state index in [0.29, 0.717) is 11.2 Å². The van der Waals surface area contributed by atoms with Gasteiger partial charge >= 0.3 is 0 Å². The minimum absolute atomic E-state index is 0.526. The molecule has 2 nitrogen and oxygen atoms in total. The largest absolute Gasteiger partial charge is 0.312 e. The summed E-state index contributed by atoms with van der Waals surface area (Å²) in [6.45, 7) is 13.1. The van der Waals surface area contributed by atoms with Gasteiger partial charge in [-0.2, -0.15) is 11.8 Å². The summed E-state index contributed by atoms with van der Waals surface area (Å²) < 4.78 is 0. The smallest absolute Gasteiger partial charge is 0.103 e. The molecule has 0 bridgehead atoms. The standard InChI is InChI=1S/C13H24N2S2/c1-6-14-7-11-13(9(2)3)15-12(17-11)8-16-10(4)5/h9-10,14H,6-8H2,1-5H3. The second-order valence-corrected chi connectivity index (χ2v) is 7.44.